The highest BCUT2D eigenvalue weighted by Gasteiger charge is 2.67. The van der Waals surface area contributed by atoms with Crippen LogP contribution in [0.3, 0.4) is 0 Å². The van der Waals surface area contributed by atoms with Crippen molar-refractivity contribution >= 4 is 11.8 Å². The van der Waals surface area contributed by atoms with Crippen LogP contribution < -0.4 is 0 Å². The molecule has 2 saturated heterocycles. The minimum atomic E-state index is -0.634. The number of hydrogen-bond acceptors (Lipinski definition) is 3. The molecule has 6 heteroatoms. The molecule has 0 aliphatic carbocycles. The number of likely N-dealkylation sites (tertiary alicyclic amines) is 1. The normalized spacial score (nSPS) is 30.7. The summed E-state index contributed by atoms with van der Waals surface area (Å²) >= 11 is 0. The topological polar surface area (TPSA) is 54.8 Å². The van der Waals surface area contributed by atoms with Crippen LogP contribution in [0.25, 0.3) is 0 Å². The molecule has 1 aromatic carbocycles. The van der Waals surface area contributed by atoms with Gasteiger partial charge in [-0.15, -0.1) is 0 Å². The summed E-state index contributed by atoms with van der Waals surface area (Å²) in [6.45, 7) is 5.35. The number of benzene rings is 1. The van der Waals surface area contributed by atoms with Gasteiger partial charge in [-0.3, -0.25) is 9.59 Å². The van der Waals surface area contributed by atoms with E-state index in [1.54, 1.807) is 0 Å². The zero-order chi connectivity index (χ0) is 21.2. The van der Waals surface area contributed by atoms with Gasteiger partial charge in [0.2, 0.25) is 11.8 Å². The van der Waals surface area contributed by atoms with E-state index in [1.165, 1.54) is 11.1 Å². The second-order valence-corrected chi connectivity index (χ2v) is 9.35. The van der Waals surface area contributed by atoms with Crippen LogP contribution in [0.1, 0.15) is 16.8 Å². The maximum absolute atomic E-state index is 13.6. The van der Waals surface area contributed by atoms with Crippen molar-refractivity contribution in [3.05, 3.63) is 71.6 Å². The van der Waals surface area contributed by atoms with Crippen molar-refractivity contribution in [1.29, 1.82) is 0 Å². The SMILES string of the molecule is Cc1ccc(CCN2C[C@]34C=C[C@H](O3)[C@H](C(=O)N3CCn5cccc5C3)[C@@H]4C2=O)cc1. The van der Waals surface area contributed by atoms with E-state index in [-0.39, 0.29) is 17.9 Å². The quantitative estimate of drug-likeness (QED) is 0.717. The Balaban J connectivity index is 1.20. The third kappa shape index (κ3) is 2.88. The Hall–Kier alpha value is -2.86. The minimum absolute atomic E-state index is 0.0578. The summed E-state index contributed by atoms with van der Waals surface area (Å²) in [5, 5.41) is 0. The summed E-state index contributed by atoms with van der Waals surface area (Å²) in [4.78, 5) is 30.8. The average Bonchev–Trinajstić information content (AvgIpc) is 3.53. The van der Waals surface area contributed by atoms with Gasteiger partial charge in [-0.05, 0) is 31.0 Å². The molecule has 4 atom stereocenters. The highest BCUT2D eigenvalue weighted by Crippen LogP contribution is 2.52. The Kier molecular flexibility index (Phi) is 4.15. The molecule has 0 unspecified atom stereocenters. The highest BCUT2D eigenvalue weighted by molar-refractivity contribution is 5.93. The number of amides is 2. The fourth-order valence-corrected chi connectivity index (χ4v) is 5.78. The van der Waals surface area contributed by atoms with E-state index < -0.39 is 17.4 Å². The molecule has 1 spiro atoms. The van der Waals surface area contributed by atoms with Crippen LogP contribution in [0.2, 0.25) is 0 Å². The summed E-state index contributed by atoms with van der Waals surface area (Å²) in [6, 6.07) is 12.5. The first kappa shape index (κ1) is 18.9. The number of hydrogen-bond donors (Lipinski definition) is 0. The Morgan fingerprint density at radius 3 is 2.87 bits per heavy atom. The van der Waals surface area contributed by atoms with Gasteiger partial charge in [0.25, 0.3) is 0 Å². The van der Waals surface area contributed by atoms with E-state index in [4.69, 9.17) is 4.74 Å². The molecule has 31 heavy (non-hydrogen) atoms. The summed E-state index contributed by atoms with van der Waals surface area (Å²) in [7, 11) is 0. The molecule has 6 rings (SSSR count). The first-order chi connectivity index (χ1) is 15.0. The van der Waals surface area contributed by atoms with Crippen LogP contribution in [0.4, 0.5) is 0 Å². The number of aromatic nitrogens is 1. The van der Waals surface area contributed by atoms with Crippen molar-refractivity contribution in [2.75, 3.05) is 19.6 Å². The molecular formula is C25H27N3O3. The molecule has 4 aliphatic rings. The Bertz CT molecular complexity index is 1070. The Morgan fingerprint density at radius 1 is 1.19 bits per heavy atom. The molecule has 2 bridgehead atoms. The zero-order valence-electron chi connectivity index (χ0n) is 17.7. The van der Waals surface area contributed by atoms with Crippen LogP contribution >= 0.6 is 0 Å². The molecule has 5 heterocycles. The third-order valence-corrected chi connectivity index (χ3v) is 7.45. The Morgan fingerprint density at radius 2 is 2.03 bits per heavy atom. The third-order valence-electron chi connectivity index (χ3n) is 7.45. The maximum Gasteiger partial charge on any atom is 0.230 e. The fraction of sp³-hybridized carbons (Fsp3) is 0.440. The predicted molar refractivity (Wildman–Crippen MR) is 115 cm³/mol. The number of aryl methyl sites for hydroxylation is 1. The molecule has 1 aromatic heterocycles. The van der Waals surface area contributed by atoms with Gasteiger partial charge in [0.1, 0.15) is 5.60 Å². The van der Waals surface area contributed by atoms with E-state index in [0.717, 1.165) is 18.7 Å². The minimum Gasteiger partial charge on any atom is -0.360 e. The number of carbonyl (C=O) groups is 2. The van der Waals surface area contributed by atoms with Crippen LogP contribution in [0, 0.1) is 18.8 Å². The maximum atomic E-state index is 13.6. The molecule has 2 aromatic rings. The lowest BCUT2D eigenvalue weighted by atomic mass is 9.76. The molecule has 2 fully saturated rings. The van der Waals surface area contributed by atoms with Crippen LogP contribution in [0.5, 0.6) is 0 Å². The van der Waals surface area contributed by atoms with Crippen LogP contribution in [0.15, 0.2) is 54.7 Å². The van der Waals surface area contributed by atoms with Crippen molar-refractivity contribution in [3.8, 4) is 0 Å². The summed E-state index contributed by atoms with van der Waals surface area (Å²) in [5.74, 6) is -0.690. The van der Waals surface area contributed by atoms with Gasteiger partial charge >= 0.3 is 0 Å². The van der Waals surface area contributed by atoms with Gasteiger partial charge in [-0.1, -0.05) is 42.0 Å². The number of ether oxygens (including phenoxy) is 1. The van der Waals surface area contributed by atoms with Crippen molar-refractivity contribution in [2.45, 2.75) is 38.1 Å². The second-order valence-electron chi connectivity index (χ2n) is 9.35. The van der Waals surface area contributed by atoms with Crippen molar-refractivity contribution < 1.29 is 14.3 Å². The van der Waals surface area contributed by atoms with Crippen molar-refractivity contribution in [3.63, 3.8) is 0 Å². The largest absolute Gasteiger partial charge is 0.360 e. The predicted octanol–water partition coefficient (Wildman–Crippen LogP) is 2.16. The molecule has 6 nitrogen and oxygen atoms in total. The second kappa shape index (κ2) is 6.82. The smallest absolute Gasteiger partial charge is 0.230 e. The molecule has 0 N–H and O–H groups in total. The monoisotopic (exact) mass is 417 g/mol. The van der Waals surface area contributed by atoms with E-state index in [1.807, 2.05) is 28.0 Å². The average molecular weight is 418 g/mol. The molecule has 4 aliphatic heterocycles. The molecular weight excluding hydrogens is 390 g/mol. The van der Waals surface area contributed by atoms with Gasteiger partial charge in [0.05, 0.1) is 31.0 Å². The van der Waals surface area contributed by atoms with Gasteiger partial charge in [0.15, 0.2) is 0 Å². The van der Waals surface area contributed by atoms with E-state index >= 15 is 0 Å². The molecule has 2 amide bonds. The van der Waals surface area contributed by atoms with E-state index in [0.29, 0.717) is 26.2 Å². The lowest BCUT2D eigenvalue weighted by Gasteiger charge is -2.33. The summed E-state index contributed by atoms with van der Waals surface area (Å²) in [5.41, 5.74) is 2.96. The van der Waals surface area contributed by atoms with Gasteiger partial charge in [0, 0.05) is 31.5 Å². The van der Waals surface area contributed by atoms with Crippen LogP contribution in [-0.4, -0.2) is 57.5 Å². The number of rotatable bonds is 4. The lowest BCUT2D eigenvalue weighted by Crippen LogP contribution is -2.48. The van der Waals surface area contributed by atoms with E-state index in [9.17, 15) is 9.59 Å². The zero-order valence-corrected chi connectivity index (χ0v) is 17.7. The van der Waals surface area contributed by atoms with Gasteiger partial charge in [-0.25, -0.2) is 0 Å². The highest BCUT2D eigenvalue weighted by atomic mass is 16.5. The lowest BCUT2D eigenvalue weighted by molar-refractivity contribution is -0.144. The molecule has 160 valence electrons. The number of nitrogens with zero attached hydrogens (tertiary/aromatic N) is 3. The van der Waals surface area contributed by atoms with E-state index in [2.05, 4.69) is 48.0 Å². The first-order valence-electron chi connectivity index (χ1n) is 11.2. The van der Waals surface area contributed by atoms with Gasteiger partial charge in [-0.2, -0.15) is 0 Å². The van der Waals surface area contributed by atoms with Gasteiger partial charge < -0.3 is 19.1 Å². The number of fused-ring (bicyclic) bond motifs is 2. The Labute approximate surface area is 182 Å². The molecule has 0 saturated carbocycles. The summed E-state index contributed by atoms with van der Waals surface area (Å²) in [6.07, 6.45) is 6.63. The van der Waals surface area contributed by atoms with Crippen LogP contribution in [-0.2, 0) is 33.8 Å². The van der Waals surface area contributed by atoms with Crippen molar-refractivity contribution in [2.24, 2.45) is 11.8 Å². The first-order valence-corrected chi connectivity index (χ1v) is 11.2. The van der Waals surface area contributed by atoms with Crippen molar-refractivity contribution in [1.82, 2.24) is 14.4 Å². The molecule has 0 radical (unpaired) electrons. The number of carbonyl (C=O) groups excluding carboxylic acids is 2. The fourth-order valence-electron chi connectivity index (χ4n) is 5.78. The standard InChI is InChI=1S/C25H27N3O3/c1-17-4-6-18(7-5-17)9-12-28-16-25-10-8-20(31-25)21(22(25)24(28)30)23(29)27-14-13-26-11-2-3-19(26)15-27/h2-8,10-11,20-22H,9,12-16H2,1H3/t20-,21-,22+,25-/m0/s1. The summed E-state index contributed by atoms with van der Waals surface area (Å²) < 4.78 is 8.50.